The molecule has 0 amide bonds. The Hall–Kier alpha value is -2.75. The predicted octanol–water partition coefficient (Wildman–Crippen LogP) is 5.01. The molecule has 0 spiro atoms. The lowest BCUT2D eigenvalue weighted by Crippen LogP contribution is -2.11. The fourth-order valence-electron chi connectivity index (χ4n) is 2.40. The number of carbonyl (C=O) groups is 1. The normalized spacial score (nSPS) is 11.4. The van der Waals surface area contributed by atoms with Crippen molar-refractivity contribution in [2.24, 2.45) is 0 Å². The topological polar surface area (TPSA) is 44.8 Å². The third kappa shape index (κ3) is 5.38. The molecule has 0 bridgehead atoms. The minimum atomic E-state index is -0.429. The highest BCUT2D eigenvalue weighted by atomic mass is 16.5. The Bertz CT molecular complexity index is 768. The number of methoxy groups -OCH3 is 1. The van der Waals surface area contributed by atoms with E-state index in [-0.39, 0.29) is 5.41 Å². The van der Waals surface area contributed by atoms with Crippen LogP contribution in [-0.4, -0.2) is 19.7 Å². The maximum Gasteiger partial charge on any atom is 0.336 e. The van der Waals surface area contributed by atoms with Crippen LogP contribution in [0.2, 0.25) is 0 Å². The zero-order chi connectivity index (χ0) is 19.2. The molecule has 0 saturated carbocycles. The van der Waals surface area contributed by atoms with Crippen molar-refractivity contribution in [1.29, 1.82) is 0 Å². The maximum atomic E-state index is 12.0. The summed E-state index contributed by atoms with van der Waals surface area (Å²) in [4.78, 5) is 12.0. The molecule has 2 rings (SSSR count). The summed E-state index contributed by atoms with van der Waals surface area (Å²) in [5.74, 6) is 1.40. The van der Waals surface area contributed by atoms with E-state index in [4.69, 9.17) is 14.2 Å². The second kappa shape index (κ2) is 8.56. The van der Waals surface area contributed by atoms with E-state index in [2.05, 4.69) is 20.8 Å². The molecule has 0 N–H and O–H groups in total. The molecule has 0 aliphatic carbocycles. The fourth-order valence-corrected chi connectivity index (χ4v) is 2.40. The highest BCUT2D eigenvalue weighted by molar-refractivity contribution is 5.88. The number of hydrogen-bond acceptors (Lipinski definition) is 4. The standard InChI is InChI=1S/C22H26O4/c1-6-25-19-13-7-16(15-20(19)24-5)8-14-21(23)26-18-11-9-17(10-12-18)22(2,3)4/h7-15H,6H2,1-5H3/b14-8+. The first-order valence-corrected chi connectivity index (χ1v) is 8.64. The van der Waals surface area contributed by atoms with Gasteiger partial charge in [-0.1, -0.05) is 39.0 Å². The summed E-state index contributed by atoms with van der Waals surface area (Å²) >= 11 is 0. The number of rotatable bonds is 6. The van der Waals surface area contributed by atoms with Gasteiger partial charge in [0.2, 0.25) is 0 Å². The average molecular weight is 354 g/mol. The van der Waals surface area contributed by atoms with Gasteiger partial charge in [0.25, 0.3) is 0 Å². The summed E-state index contributed by atoms with van der Waals surface area (Å²) in [6.45, 7) is 8.90. The summed E-state index contributed by atoms with van der Waals surface area (Å²) in [6.07, 6.45) is 3.08. The monoisotopic (exact) mass is 354 g/mol. The molecule has 0 unspecified atom stereocenters. The molecule has 0 aliphatic heterocycles. The molecule has 26 heavy (non-hydrogen) atoms. The van der Waals surface area contributed by atoms with Gasteiger partial charge in [0.15, 0.2) is 11.5 Å². The van der Waals surface area contributed by atoms with Crippen LogP contribution < -0.4 is 14.2 Å². The number of benzene rings is 2. The van der Waals surface area contributed by atoms with Crippen molar-refractivity contribution in [3.63, 3.8) is 0 Å². The van der Waals surface area contributed by atoms with Crippen LogP contribution in [0.1, 0.15) is 38.8 Å². The lowest BCUT2D eigenvalue weighted by molar-refractivity contribution is -0.128. The highest BCUT2D eigenvalue weighted by Gasteiger charge is 2.13. The summed E-state index contributed by atoms with van der Waals surface area (Å²) in [6, 6.07) is 13.1. The zero-order valence-corrected chi connectivity index (χ0v) is 16.0. The largest absolute Gasteiger partial charge is 0.493 e. The van der Waals surface area contributed by atoms with Crippen molar-refractivity contribution in [3.8, 4) is 17.2 Å². The Kier molecular flexibility index (Phi) is 6.45. The first-order chi connectivity index (χ1) is 12.3. The van der Waals surface area contributed by atoms with Crippen molar-refractivity contribution >= 4 is 12.0 Å². The van der Waals surface area contributed by atoms with Crippen molar-refractivity contribution < 1.29 is 19.0 Å². The first kappa shape index (κ1) is 19.6. The third-order valence-electron chi connectivity index (χ3n) is 3.84. The van der Waals surface area contributed by atoms with Crippen LogP contribution >= 0.6 is 0 Å². The number of ether oxygens (including phenoxy) is 3. The molecular weight excluding hydrogens is 328 g/mol. The van der Waals surface area contributed by atoms with Crippen LogP contribution in [0.4, 0.5) is 0 Å². The van der Waals surface area contributed by atoms with E-state index >= 15 is 0 Å². The van der Waals surface area contributed by atoms with Gasteiger partial charge in [-0.25, -0.2) is 4.79 Å². The Labute approximate surface area is 155 Å². The fraction of sp³-hybridized carbons (Fsp3) is 0.318. The minimum Gasteiger partial charge on any atom is -0.493 e. The van der Waals surface area contributed by atoms with Gasteiger partial charge in [-0.3, -0.25) is 0 Å². The van der Waals surface area contributed by atoms with E-state index in [0.29, 0.717) is 23.9 Å². The number of carbonyl (C=O) groups excluding carboxylic acids is 1. The van der Waals surface area contributed by atoms with Gasteiger partial charge in [0.1, 0.15) is 5.75 Å². The van der Waals surface area contributed by atoms with Crippen molar-refractivity contribution in [2.75, 3.05) is 13.7 Å². The molecule has 4 heteroatoms. The summed E-state index contributed by atoms with van der Waals surface area (Å²) in [7, 11) is 1.58. The van der Waals surface area contributed by atoms with E-state index in [1.807, 2.05) is 49.4 Å². The summed E-state index contributed by atoms with van der Waals surface area (Å²) in [5.41, 5.74) is 2.08. The number of esters is 1. The van der Waals surface area contributed by atoms with Gasteiger partial charge in [-0.15, -0.1) is 0 Å². The lowest BCUT2D eigenvalue weighted by atomic mass is 9.87. The molecule has 2 aromatic rings. The van der Waals surface area contributed by atoms with E-state index < -0.39 is 5.97 Å². The van der Waals surface area contributed by atoms with Gasteiger partial charge in [-0.05, 0) is 53.8 Å². The molecule has 4 nitrogen and oxygen atoms in total. The first-order valence-electron chi connectivity index (χ1n) is 8.64. The lowest BCUT2D eigenvalue weighted by Gasteiger charge is -2.18. The highest BCUT2D eigenvalue weighted by Crippen LogP contribution is 2.28. The Morgan fingerprint density at radius 2 is 1.73 bits per heavy atom. The summed E-state index contributed by atoms with van der Waals surface area (Å²) < 4.78 is 16.1. The molecule has 0 saturated heterocycles. The van der Waals surface area contributed by atoms with E-state index in [1.54, 1.807) is 13.2 Å². The van der Waals surface area contributed by atoms with Crippen molar-refractivity contribution in [3.05, 3.63) is 59.7 Å². The predicted molar refractivity (Wildman–Crippen MR) is 104 cm³/mol. The second-order valence-electron chi connectivity index (χ2n) is 6.87. The van der Waals surface area contributed by atoms with Crippen LogP contribution in [0.3, 0.4) is 0 Å². The third-order valence-corrected chi connectivity index (χ3v) is 3.84. The van der Waals surface area contributed by atoms with Crippen LogP contribution in [0.25, 0.3) is 6.08 Å². The van der Waals surface area contributed by atoms with E-state index in [9.17, 15) is 4.79 Å². The van der Waals surface area contributed by atoms with Crippen molar-refractivity contribution in [2.45, 2.75) is 33.1 Å². The molecule has 0 aromatic heterocycles. The second-order valence-corrected chi connectivity index (χ2v) is 6.87. The van der Waals surface area contributed by atoms with Gasteiger partial charge in [0.05, 0.1) is 13.7 Å². The molecule has 2 aromatic carbocycles. The summed E-state index contributed by atoms with van der Waals surface area (Å²) in [5, 5.41) is 0. The van der Waals surface area contributed by atoms with Crippen molar-refractivity contribution in [1.82, 2.24) is 0 Å². The van der Waals surface area contributed by atoms with E-state index in [0.717, 1.165) is 5.56 Å². The molecule has 0 fully saturated rings. The molecule has 0 radical (unpaired) electrons. The Balaban J connectivity index is 2.03. The van der Waals surface area contributed by atoms with Gasteiger partial charge in [-0.2, -0.15) is 0 Å². The van der Waals surface area contributed by atoms with Crippen LogP contribution in [0.5, 0.6) is 17.2 Å². The van der Waals surface area contributed by atoms with Gasteiger partial charge in [0, 0.05) is 6.08 Å². The van der Waals surface area contributed by atoms with Crippen LogP contribution in [-0.2, 0) is 10.2 Å². The average Bonchev–Trinajstić information content (AvgIpc) is 2.60. The van der Waals surface area contributed by atoms with Gasteiger partial charge < -0.3 is 14.2 Å². The van der Waals surface area contributed by atoms with Crippen LogP contribution in [0, 0.1) is 0 Å². The maximum absolute atomic E-state index is 12.0. The Morgan fingerprint density at radius 1 is 1.04 bits per heavy atom. The molecule has 0 aliphatic rings. The molecule has 138 valence electrons. The zero-order valence-electron chi connectivity index (χ0n) is 16.0. The molecule has 0 atom stereocenters. The smallest absolute Gasteiger partial charge is 0.336 e. The number of hydrogen-bond donors (Lipinski definition) is 0. The van der Waals surface area contributed by atoms with Gasteiger partial charge >= 0.3 is 5.97 Å². The SMILES string of the molecule is CCOc1ccc(/C=C/C(=O)Oc2ccc(C(C)(C)C)cc2)cc1OC. The van der Waals surface area contributed by atoms with E-state index in [1.165, 1.54) is 11.6 Å². The minimum absolute atomic E-state index is 0.0646. The molecule has 0 heterocycles. The Morgan fingerprint density at radius 3 is 2.31 bits per heavy atom. The molecular formula is C22H26O4. The van der Waals surface area contributed by atoms with Crippen LogP contribution in [0.15, 0.2) is 48.5 Å². The quantitative estimate of drug-likeness (QED) is 0.415.